The number of rotatable bonds is 9. The van der Waals surface area contributed by atoms with E-state index in [0.29, 0.717) is 0 Å². The number of nitrogens with one attached hydrogen (secondary N) is 2. The Morgan fingerprint density at radius 1 is 1.11 bits per heavy atom. The zero-order valence-electron chi connectivity index (χ0n) is 12.5. The first-order valence-corrected chi connectivity index (χ1v) is 7.01. The molecule has 0 fully saturated rings. The van der Waals surface area contributed by atoms with Crippen LogP contribution in [0.1, 0.15) is 37.6 Å². The monoisotopic (exact) mass is 266 g/mol. The van der Waals surface area contributed by atoms with Crippen LogP contribution in [-0.2, 0) is 11.2 Å². The minimum absolute atomic E-state index is 0.844. The van der Waals surface area contributed by atoms with E-state index in [2.05, 4.69) is 27.5 Å². The van der Waals surface area contributed by atoms with E-state index in [-0.39, 0.29) is 0 Å². The van der Waals surface area contributed by atoms with Crippen LogP contribution < -0.4 is 10.6 Å². The predicted molar refractivity (Wildman–Crippen MR) is 79.9 cm³/mol. The Hall–Kier alpha value is -1.36. The molecule has 5 nitrogen and oxygen atoms in total. The van der Waals surface area contributed by atoms with Crippen molar-refractivity contribution < 1.29 is 4.74 Å². The third kappa shape index (κ3) is 5.03. The lowest BCUT2D eigenvalue weighted by atomic mass is 10.2. The fraction of sp³-hybridized carbons (Fsp3) is 0.714. The average Bonchev–Trinajstić information content (AvgIpc) is 2.44. The Kier molecular flexibility index (Phi) is 7.18. The molecule has 0 bridgehead atoms. The summed E-state index contributed by atoms with van der Waals surface area (Å²) >= 11 is 0. The molecule has 0 unspecified atom stereocenters. The van der Waals surface area contributed by atoms with Crippen LogP contribution in [0.25, 0.3) is 0 Å². The van der Waals surface area contributed by atoms with Crippen molar-refractivity contribution in [2.75, 3.05) is 37.9 Å². The fourth-order valence-corrected chi connectivity index (χ4v) is 1.89. The summed E-state index contributed by atoms with van der Waals surface area (Å²) in [6.07, 6.45) is 4.26. The third-order valence-electron chi connectivity index (χ3n) is 3.06. The first-order chi connectivity index (χ1) is 9.22. The number of nitrogens with zero attached hydrogens (tertiary/aromatic N) is 2. The van der Waals surface area contributed by atoms with Gasteiger partial charge in [0.15, 0.2) is 0 Å². The highest BCUT2D eigenvalue weighted by molar-refractivity contribution is 5.56. The topological polar surface area (TPSA) is 59.1 Å². The van der Waals surface area contributed by atoms with Crippen molar-refractivity contribution in [3.8, 4) is 0 Å². The molecule has 1 heterocycles. The van der Waals surface area contributed by atoms with Gasteiger partial charge in [0.25, 0.3) is 0 Å². The molecule has 0 aromatic carbocycles. The Morgan fingerprint density at radius 2 is 1.84 bits per heavy atom. The Balaban J connectivity index is 2.52. The van der Waals surface area contributed by atoms with Gasteiger partial charge in [-0.2, -0.15) is 0 Å². The van der Waals surface area contributed by atoms with Gasteiger partial charge in [0, 0.05) is 39.3 Å². The second kappa shape index (κ2) is 8.69. The van der Waals surface area contributed by atoms with Gasteiger partial charge in [0.1, 0.15) is 17.5 Å². The van der Waals surface area contributed by atoms with Crippen LogP contribution in [0, 0.1) is 6.92 Å². The normalized spacial score (nSPS) is 10.5. The van der Waals surface area contributed by atoms with Gasteiger partial charge < -0.3 is 15.4 Å². The first-order valence-electron chi connectivity index (χ1n) is 7.01. The second-order valence-electron chi connectivity index (χ2n) is 4.55. The molecule has 5 heteroatoms. The summed E-state index contributed by atoms with van der Waals surface area (Å²) in [6, 6.07) is 0. The van der Waals surface area contributed by atoms with Gasteiger partial charge in [0.2, 0.25) is 0 Å². The van der Waals surface area contributed by atoms with Crippen molar-refractivity contribution in [2.24, 2.45) is 0 Å². The number of hydrogen-bond acceptors (Lipinski definition) is 5. The summed E-state index contributed by atoms with van der Waals surface area (Å²) in [7, 11) is 3.64. The molecule has 0 amide bonds. The fourth-order valence-electron chi connectivity index (χ4n) is 1.89. The average molecular weight is 266 g/mol. The summed E-state index contributed by atoms with van der Waals surface area (Å²) in [6.45, 7) is 5.89. The van der Waals surface area contributed by atoms with Crippen LogP contribution in [0.4, 0.5) is 11.6 Å². The van der Waals surface area contributed by atoms with Crippen molar-refractivity contribution >= 4 is 11.6 Å². The van der Waals surface area contributed by atoms with Crippen LogP contribution in [0.2, 0.25) is 0 Å². The molecule has 2 N–H and O–H groups in total. The highest BCUT2D eigenvalue weighted by Gasteiger charge is 2.08. The van der Waals surface area contributed by atoms with E-state index in [1.807, 2.05) is 14.0 Å². The van der Waals surface area contributed by atoms with E-state index in [1.54, 1.807) is 7.11 Å². The molecule has 0 aliphatic rings. The molecular formula is C14H26N4O. The molecule has 0 saturated heterocycles. The number of aryl methyl sites for hydroxylation is 1. The van der Waals surface area contributed by atoms with Gasteiger partial charge >= 0.3 is 0 Å². The van der Waals surface area contributed by atoms with Crippen LogP contribution in [-0.4, -0.2) is 37.3 Å². The zero-order chi connectivity index (χ0) is 14.1. The molecule has 1 rings (SSSR count). The number of ether oxygens (including phenoxy) is 1. The van der Waals surface area contributed by atoms with Gasteiger partial charge in [-0.1, -0.05) is 6.92 Å². The van der Waals surface area contributed by atoms with E-state index >= 15 is 0 Å². The Morgan fingerprint density at radius 3 is 2.47 bits per heavy atom. The highest BCUT2D eigenvalue weighted by Crippen LogP contribution is 2.19. The Labute approximate surface area is 116 Å². The molecular weight excluding hydrogens is 240 g/mol. The van der Waals surface area contributed by atoms with Gasteiger partial charge in [-0.25, -0.2) is 9.97 Å². The molecule has 0 spiro atoms. The van der Waals surface area contributed by atoms with Crippen molar-refractivity contribution in [1.82, 2.24) is 9.97 Å². The van der Waals surface area contributed by atoms with Crippen LogP contribution in [0.3, 0.4) is 0 Å². The SMILES string of the molecule is CCc1nc(NC)c(C)c(NCCCCCOC)n1. The van der Waals surface area contributed by atoms with Crippen molar-refractivity contribution in [3.63, 3.8) is 0 Å². The molecule has 108 valence electrons. The lowest BCUT2D eigenvalue weighted by Gasteiger charge is -2.13. The van der Waals surface area contributed by atoms with Gasteiger partial charge in [-0.15, -0.1) is 0 Å². The summed E-state index contributed by atoms with van der Waals surface area (Å²) in [5.74, 6) is 2.73. The molecule has 0 radical (unpaired) electrons. The van der Waals surface area contributed by atoms with Gasteiger partial charge in [0.05, 0.1) is 0 Å². The Bertz CT molecular complexity index is 382. The number of anilines is 2. The lowest BCUT2D eigenvalue weighted by Crippen LogP contribution is -2.10. The zero-order valence-corrected chi connectivity index (χ0v) is 12.5. The summed E-state index contributed by atoms with van der Waals surface area (Å²) < 4.78 is 5.04. The molecule has 0 saturated carbocycles. The van der Waals surface area contributed by atoms with E-state index in [4.69, 9.17) is 4.74 Å². The molecule has 0 aliphatic heterocycles. The number of methoxy groups -OCH3 is 1. The molecule has 19 heavy (non-hydrogen) atoms. The van der Waals surface area contributed by atoms with Crippen LogP contribution in [0.5, 0.6) is 0 Å². The quantitative estimate of drug-likeness (QED) is 0.673. The van der Waals surface area contributed by atoms with E-state index < -0.39 is 0 Å². The maximum absolute atomic E-state index is 5.04. The molecule has 0 atom stereocenters. The van der Waals surface area contributed by atoms with Crippen LogP contribution in [0.15, 0.2) is 0 Å². The number of aromatic nitrogens is 2. The summed E-state index contributed by atoms with van der Waals surface area (Å²) in [4.78, 5) is 9.01. The highest BCUT2D eigenvalue weighted by atomic mass is 16.5. The predicted octanol–water partition coefficient (Wildman–Crippen LogP) is 2.62. The van der Waals surface area contributed by atoms with Gasteiger partial charge in [-0.05, 0) is 26.2 Å². The smallest absolute Gasteiger partial charge is 0.134 e. The number of unbranched alkanes of at least 4 members (excludes halogenated alkanes) is 2. The molecule has 1 aromatic rings. The molecule has 0 aliphatic carbocycles. The summed E-state index contributed by atoms with van der Waals surface area (Å²) in [5.41, 5.74) is 1.08. The third-order valence-corrected chi connectivity index (χ3v) is 3.06. The summed E-state index contributed by atoms with van der Waals surface area (Å²) in [5, 5.41) is 6.53. The first kappa shape index (κ1) is 15.7. The second-order valence-corrected chi connectivity index (χ2v) is 4.55. The minimum Gasteiger partial charge on any atom is -0.385 e. The van der Waals surface area contributed by atoms with E-state index in [0.717, 1.165) is 55.4 Å². The number of hydrogen-bond donors (Lipinski definition) is 2. The maximum atomic E-state index is 5.04. The maximum Gasteiger partial charge on any atom is 0.134 e. The van der Waals surface area contributed by atoms with E-state index in [9.17, 15) is 0 Å². The largest absolute Gasteiger partial charge is 0.385 e. The molecule has 1 aromatic heterocycles. The lowest BCUT2D eigenvalue weighted by molar-refractivity contribution is 0.192. The van der Waals surface area contributed by atoms with Gasteiger partial charge in [-0.3, -0.25) is 0 Å². The van der Waals surface area contributed by atoms with Crippen molar-refractivity contribution in [1.29, 1.82) is 0 Å². The van der Waals surface area contributed by atoms with E-state index in [1.165, 1.54) is 6.42 Å². The van der Waals surface area contributed by atoms with Crippen molar-refractivity contribution in [2.45, 2.75) is 39.5 Å². The minimum atomic E-state index is 0.844. The standard InChI is InChI=1S/C14H26N4O/c1-5-12-17-13(15-3)11(2)14(18-12)16-9-7-6-8-10-19-4/h5-10H2,1-4H3,(H2,15,16,17,18). The van der Waals surface area contributed by atoms with Crippen LogP contribution >= 0.6 is 0 Å². The van der Waals surface area contributed by atoms with Crippen molar-refractivity contribution in [3.05, 3.63) is 11.4 Å².